The number of carboxylic acids is 2. The maximum Gasteiger partial charge on any atom is 2.00 e. The third-order valence-corrected chi connectivity index (χ3v) is 5.18. The molecule has 4 N–H and O–H groups in total. The first-order chi connectivity index (χ1) is 12.8. The molecule has 1 heterocycles. The Labute approximate surface area is 179 Å². The second-order valence-electron chi connectivity index (χ2n) is 7.27. The standard InChI is InChI=1S/C13H15NO5.C6H14N2.Pt/c1-19-10-4-2-3-9(5-10)6-14-7-13(8-14,11(15)16)12(17)18;7-5-3-1-2-4-6(5)8;/h2-5H,6-8H2,1H3,(H,15,16)(H,17,18);5-6H,1-4,7-8H2;/q;;+2/p-2/t;5-,6-;/m.1./s1. The summed E-state index contributed by atoms with van der Waals surface area (Å²) in [5, 5.41) is 21.7. The van der Waals surface area contributed by atoms with Crippen molar-refractivity contribution in [1.29, 1.82) is 0 Å². The van der Waals surface area contributed by atoms with E-state index in [1.807, 2.05) is 18.2 Å². The van der Waals surface area contributed by atoms with Crippen molar-refractivity contribution in [3.8, 4) is 5.75 Å². The van der Waals surface area contributed by atoms with Crippen molar-refractivity contribution in [3.63, 3.8) is 0 Å². The summed E-state index contributed by atoms with van der Waals surface area (Å²) in [6.07, 6.45) is 4.80. The molecule has 0 aromatic heterocycles. The van der Waals surface area contributed by atoms with Crippen LogP contribution < -0.4 is 26.4 Å². The average Bonchev–Trinajstić information content (AvgIpc) is 2.60. The molecule has 0 unspecified atom stereocenters. The molecular formula is C19H27N3O5Pt. The Hall–Kier alpha value is -1.47. The number of rotatable bonds is 5. The summed E-state index contributed by atoms with van der Waals surface area (Å²) in [7, 11) is 1.56. The van der Waals surface area contributed by atoms with Gasteiger partial charge in [0.1, 0.15) is 5.75 Å². The number of ether oxygens (including phenoxy) is 1. The molecule has 2 aliphatic rings. The van der Waals surface area contributed by atoms with E-state index in [4.69, 9.17) is 16.2 Å². The van der Waals surface area contributed by atoms with Crippen LogP contribution in [0, 0.1) is 5.41 Å². The largest absolute Gasteiger partial charge is 2.00 e. The van der Waals surface area contributed by atoms with E-state index in [0.29, 0.717) is 12.3 Å². The number of hydrogen-bond acceptors (Lipinski definition) is 8. The van der Waals surface area contributed by atoms with Gasteiger partial charge in [0.2, 0.25) is 0 Å². The SMILES string of the molecule is COc1cccc(CN2CC(C(=O)[O-])(C(=O)[O-])C2)c1.N[C@@H]1CCCC[C@H]1N.[Pt+2]. The number of hydrogen-bond donors (Lipinski definition) is 2. The van der Waals surface area contributed by atoms with Crippen molar-refractivity contribution < 1.29 is 45.6 Å². The minimum absolute atomic E-state index is 0. The second-order valence-corrected chi connectivity index (χ2v) is 7.27. The Bertz CT molecular complexity index is 641. The summed E-state index contributed by atoms with van der Waals surface area (Å²) in [4.78, 5) is 23.4. The van der Waals surface area contributed by atoms with Gasteiger partial charge in [-0.1, -0.05) is 25.0 Å². The van der Waals surface area contributed by atoms with Crippen LogP contribution in [0.5, 0.6) is 5.75 Å². The Morgan fingerprint density at radius 1 is 1.14 bits per heavy atom. The number of carbonyl (C=O) groups is 2. The monoisotopic (exact) mass is 572 g/mol. The normalized spacial score (nSPS) is 23.2. The quantitative estimate of drug-likeness (QED) is 0.394. The fourth-order valence-electron chi connectivity index (χ4n) is 3.39. The summed E-state index contributed by atoms with van der Waals surface area (Å²) < 4.78 is 5.08. The zero-order valence-corrected chi connectivity index (χ0v) is 18.1. The first-order valence-corrected chi connectivity index (χ1v) is 9.08. The topological polar surface area (TPSA) is 145 Å². The van der Waals surface area contributed by atoms with Gasteiger partial charge in [-0.25, -0.2) is 0 Å². The number of benzene rings is 1. The molecule has 0 spiro atoms. The Morgan fingerprint density at radius 2 is 1.68 bits per heavy atom. The van der Waals surface area contributed by atoms with Crippen molar-refractivity contribution in [2.45, 2.75) is 44.3 Å². The van der Waals surface area contributed by atoms with Crippen LogP contribution in [0.3, 0.4) is 0 Å². The van der Waals surface area contributed by atoms with Gasteiger partial charge in [-0.2, -0.15) is 0 Å². The maximum atomic E-state index is 10.9. The molecule has 1 aromatic rings. The van der Waals surface area contributed by atoms with Gasteiger partial charge < -0.3 is 36.0 Å². The van der Waals surface area contributed by atoms with Gasteiger partial charge >= 0.3 is 21.1 Å². The van der Waals surface area contributed by atoms with Crippen molar-refractivity contribution in [1.82, 2.24) is 4.90 Å². The molecule has 0 radical (unpaired) electrons. The van der Waals surface area contributed by atoms with Gasteiger partial charge in [-0.15, -0.1) is 0 Å². The van der Waals surface area contributed by atoms with Crippen LogP contribution in [-0.2, 0) is 37.2 Å². The van der Waals surface area contributed by atoms with E-state index in [1.165, 1.54) is 12.8 Å². The molecule has 158 valence electrons. The van der Waals surface area contributed by atoms with E-state index in [-0.39, 0.29) is 46.2 Å². The summed E-state index contributed by atoms with van der Waals surface area (Å²) in [5.41, 5.74) is 10.4. The summed E-state index contributed by atoms with van der Waals surface area (Å²) in [5.74, 6) is -2.48. The van der Waals surface area contributed by atoms with E-state index in [9.17, 15) is 19.8 Å². The zero-order chi connectivity index (χ0) is 20.0. The Morgan fingerprint density at radius 3 is 2.11 bits per heavy atom. The molecule has 28 heavy (non-hydrogen) atoms. The van der Waals surface area contributed by atoms with Gasteiger partial charge in [-0.3, -0.25) is 4.90 Å². The van der Waals surface area contributed by atoms with Crippen LogP contribution in [0.4, 0.5) is 0 Å². The molecule has 1 saturated heterocycles. The number of nitrogens with two attached hydrogens (primary N) is 2. The molecule has 2 fully saturated rings. The third-order valence-electron chi connectivity index (χ3n) is 5.18. The van der Waals surface area contributed by atoms with Crippen LogP contribution in [0.25, 0.3) is 0 Å². The van der Waals surface area contributed by atoms with Crippen molar-refractivity contribution >= 4 is 11.9 Å². The predicted octanol–water partition coefficient (Wildman–Crippen LogP) is -1.79. The number of likely N-dealkylation sites (tertiary alicyclic amines) is 1. The molecule has 9 heteroatoms. The molecule has 8 nitrogen and oxygen atoms in total. The molecule has 0 bridgehead atoms. The fraction of sp³-hybridized carbons (Fsp3) is 0.579. The Balaban J connectivity index is 0.000000367. The first kappa shape index (κ1) is 24.6. The smallest absolute Gasteiger partial charge is 0.549 e. The zero-order valence-electron chi connectivity index (χ0n) is 15.9. The molecule has 1 saturated carbocycles. The fourth-order valence-corrected chi connectivity index (χ4v) is 3.39. The number of carbonyl (C=O) groups excluding carboxylic acids is 2. The minimum Gasteiger partial charge on any atom is -0.549 e. The van der Waals surface area contributed by atoms with Gasteiger partial charge in [0.15, 0.2) is 0 Å². The van der Waals surface area contributed by atoms with E-state index in [2.05, 4.69) is 0 Å². The van der Waals surface area contributed by atoms with E-state index < -0.39 is 17.4 Å². The van der Waals surface area contributed by atoms with Crippen LogP contribution in [-0.4, -0.2) is 49.1 Å². The van der Waals surface area contributed by atoms with Crippen LogP contribution in [0.1, 0.15) is 31.2 Å². The second kappa shape index (κ2) is 10.9. The molecule has 1 aliphatic heterocycles. The molecule has 0 amide bonds. The predicted molar refractivity (Wildman–Crippen MR) is 95.1 cm³/mol. The van der Waals surface area contributed by atoms with Crippen molar-refractivity contribution in [3.05, 3.63) is 29.8 Å². The molecular weight excluding hydrogens is 545 g/mol. The van der Waals surface area contributed by atoms with Crippen molar-refractivity contribution in [2.75, 3.05) is 20.2 Å². The van der Waals surface area contributed by atoms with Gasteiger partial charge in [0.05, 0.1) is 24.5 Å². The molecule has 1 aliphatic carbocycles. The molecule has 3 rings (SSSR count). The summed E-state index contributed by atoms with van der Waals surface area (Å²) in [6.45, 7) is 0.253. The van der Waals surface area contributed by atoms with E-state index >= 15 is 0 Å². The average molecular weight is 573 g/mol. The van der Waals surface area contributed by atoms with Crippen LogP contribution in [0.15, 0.2) is 24.3 Å². The molecule has 2 atom stereocenters. The third kappa shape index (κ3) is 6.01. The van der Waals surface area contributed by atoms with Crippen LogP contribution >= 0.6 is 0 Å². The Kier molecular flexibility index (Phi) is 9.57. The summed E-state index contributed by atoms with van der Waals surface area (Å²) >= 11 is 0. The number of nitrogens with zero attached hydrogens (tertiary/aromatic N) is 1. The van der Waals surface area contributed by atoms with E-state index in [1.54, 1.807) is 18.1 Å². The van der Waals surface area contributed by atoms with Gasteiger partial charge in [0, 0.05) is 31.7 Å². The number of methoxy groups -OCH3 is 1. The van der Waals surface area contributed by atoms with E-state index in [0.717, 1.165) is 18.4 Å². The van der Waals surface area contributed by atoms with Crippen LogP contribution in [0.2, 0.25) is 0 Å². The summed E-state index contributed by atoms with van der Waals surface area (Å²) in [6, 6.07) is 7.86. The maximum absolute atomic E-state index is 10.9. The number of carboxylic acid groups (broad SMARTS) is 2. The minimum atomic E-state index is -1.88. The molecule has 1 aromatic carbocycles. The van der Waals surface area contributed by atoms with Gasteiger partial charge in [0.25, 0.3) is 0 Å². The first-order valence-electron chi connectivity index (χ1n) is 9.08. The number of aliphatic carboxylic acids is 2. The van der Waals surface area contributed by atoms with Gasteiger partial charge in [-0.05, 0) is 30.5 Å². The van der Waals surface area contributed by atoms with Crippen molar-refractivity contribution in [2.24, 2.45) is 16.9 Å².